The van der Waals surface area contributed by atoms with Crippen molar-refractivity contribution in [2.45, 2.75) is 31.8 Å². The highest BCUT2D eigenvalue weighted by atomic mass is 35.5. The molecule has 1 fully saturated rings. The molecule has 7 heteroatoms. The van der Waals surface area contributed by atoms with E-state index in [1.54, 1.807) is 6.20 Å². The second kappa shape index (κ2) is 9.75. The Balaban J connectivity index is 0.00000225. The lowest BCUT2D eigenvalue weighted by atomic mass is 10.0. The number of carbonyl (C=O) groups excluding carboxylic acids is 1. The van der Waals surface area contributed by atoms with Gasteiger partial charge in [-0.1, -0.05) is 12.1 Å². The molecule has 3 heterocycles. The molecule has 1 atom stereocenters. The first kappa shape index (κ1) is 20.4. The molecule has 0 aliphatic carbocycles. The van der Waals surface area contributed by atoms with E-state index in [1.807, 2.05) is 41.3 Å². The minimum atomic E-state index is -0.0186. The Morgan fingerprint density at radius 2 is 2.00 bits per heavy atom. The van der Waals surface area contributed by atoms with Gasteiger partial charge in [0, 0.05) is 12.2 Å². The number of amides is 1. The second-order valence-electron chi connectivity index (χ2n) is 6.92. The molecule has 1 aromatic heterocycles. The van der Waals surface area contributed by atoms with E-state index in [4.69, 9.17) is 9.47 Å². The van der Waals surface area contributed by atoms with Gasteiger partial charge in [0.2, 0.25) is 0 Å². The van der Waals surface area contributed by atoms with Gasteiger partial charge >= 0.3 is 0 Å². The van der Waals surface area contributed by atoms with Crippen LogP contribution in [-0.2, 0) is 6.54 Å². The minimum absolute atomic E-state index is 0. The number of hydrogen-bond donors (Lipinski definition) is 1. The van der Waals surface area contributed by atoms with E-state index in [1.165, 1.54) is 0 Å². The highest BCUT2D eigenvalue weighted by molar-refractivity contribution is 5.98. The standard InChI is InChI=1S/C21H25N3O3.ClH/c25-21(18-7-3-8-19-20(18)27-14-13-26-19)24(15-16-5-1-2-11-23-16)17-6-4-10-22-12-9-17;/h1-3,5,7-8,11,17,22H,4,6,9-10,12-15H2;1H. The third kappa shape index (κ3) is 4.56. The highest BCUT2D eigenvalue weighted by Crippen LogP contribution is 2.35. The Morgan fingerprint density at radius 3 is 2.86 bits per heavy atom. The molecular weight excluding hydrogens is 378 g/mol. The fourth-order valence-corrected chi connectivity index (χ4v) is 3.74. The van der Waals surface area contributed by atoms with Crippen LogP contribution in [0.5, 0.6) is 11.5 Å². The van der Waals surface area contributed by atoms with E-state index in [0.717, 1.165) is 38.0 Å². The zero-order valence-corrected chi connectivity index (χ0v) is 16.6. The van der Waals surface area contributed by atoms with E-state index < -0.39 is 0 Å². The Labute approximate surface area is 171 Å². The van der Waals surface area contributed by atoms with Gasteiger partial charge in [0.1, 0.15) is 13.2 Å². The molecule has 2 aromatic rings. The molecule has 0 bridgehead atoms. The predicted molar refractivity (Wildman–Crippen MR) is 109 cm³/mol. The third-order valence-corrected chi connectivity index (χ3v) is 5.10. The molecule has 1 amide bonds. The lowest BCUT2D eigenvalue weighted by molar-refractivity contribution is 0.0632. The number of nitrogens with zero attached hydrogens (tertiary/aromatic N) is 2. The maximum Gasteiger partial charge on any atom is 0.258 e. The molecule has 2 aliphatic rings. The first-order chi connectivity index (χ1) is 13.3. The summed E-state index contributed by atoms with van der Waals surface area (Å²) in [5, 5.41) is 3.43. The van der Waals surface area contributed by atoms with Gasteiger partial charge in [-0.3, -0.25) is 9.78 Å². The number of pyridine rings is 1. The molecule has 2 aliphatic heterocycles. The first-order valence-corrected chi connectivity index (χ1v) is 9.63. The van der Waals surface area contributed by atoms with Crippen LogP contribution in [0.25, 0.3) is 0 Å². The molecule has 1 N–H and O–H groups in total. The number of halogens is 1. The van der Waals surface area contributed by atoms with Crippen LogP contribution in [0.2, 0.25) is 0 Å². The van der Waals surface area contributed by atoms with E-state index in [-0.39, 0.29) is 24.4 Å². The Kier molecular flexibility index (Phi) is 7.12. The smallest absolute Gasteiger partial charge is 0.258 e. The van der Waals surface area contributed by atoms with Crippen molar-refractivity contribution in [3.63, 3.8) is 0 Å². The maximum atomic E-state index is 13.6. The minimum Gasteiger partial charge on any atom is -0.486 e. The Morgan fingerprint density at radius 1 is 1.11 bits per heavy atom. The van der Waals surface area contributed by atoms with Gasteiger partial charge in [-0.15, -0.1) is 12.4 Å². The van der Waals surface area contributed by atoms with Crippen LogP contribution in [0.4, 0.5) is 0 Å². The monoisotopic (exact) mass is 403 g/mol. The number of para-hydroxylation sites is 1. The number of hydrogen-bond acceptors (Lipinski definition) is 5. The number of ether oxygens (including phenoxy) is 2. The van der Waals surface area contributed by atoms with Crippen molar-refractivity contribution in [3.05, 3.63) is 53.9 Å². The molecule has 0 saturated carbocycles. The molecule has 1 aromatic carbocycles. The molecule has 1 saturated heterocycles. The van der Waals surface area contributed by atoms with Crippen LogP contribution in [-0.4, -0.2) is 48.1 Å². The molecule has 28 heavy (non-hydrogen) atoms. The van der Waals surface area contributed by atoms with Gasteiger partial charge in [-0.25, -0.2) is 0 Å². The molecule has 4 rings (SSSR count). The van der Waals surface area contributed by atoms with Crippen LogP contribution >= 0.6 is 12.4 Å². The van der Waals surface area contributed by atoms with E-state index >= 15 is 0 Å². The summed E-state index contributed by atoms with van der Waals surface area (Å²) in [6.45, 7) is 3.39. The SMILES string of the molecule is Cl.O=C(c1cccc2c1OCCO2)N(Cc1ccccn1)C1CCCNCC1. The average Bonchev–Trinajstić information content (AvgIpc) is 3.01. The topological polar surface area (TPSA) is 63.7 Å². The van der Waals surface area contributed by atoms with Crippen molar-refractivity contribution < 1.29 is 14.3 Å². The summed E-state index contributed by atoms with van der Waals surface area (Å²) < 4.78 is 11.4. The summed E-state index contributed by atoms with van der Waals surface area (Å²) in [7, 11) is 0. The highest BCUT2D eigenvalue weighted by Gasteiger charge is 2.29. The van der Waals surface area contributed by atoms with Crippen molar-refractivity contribution in [2.24, 2.45) is 0 Å². The maximum absolute atomic E-state index is 13.6. The average molecular weight is 404 g/mol. The summed E-state index contributed by atoms with van der Waals surface area (Å²) in [5.41, 5.74) is 1.46. The Hall–Kier alpha value is -2.31. The summed E-state index contributed by atoms with van der Waals surface area (Å²) in [6, 6.07) is 11.5. The summed E-state index contributed by atoms with van der Waals surface area (Å²) in [6.07, 6.45) is 4.75. The zero-order chi connectivity index (χ0) is 18.5. The van der Waals surface area contributed by atoms with Gasteiger partial charge in [0.05, 0.1) is 17.8 Å². The van der Waals surface area contributed by atoms with E-state index in [0.29, 0.717) is 36.8 Å². The van der Waals surface area contributed by atoms with Crippen molar-refractivity contribution in [3.8, 4) is 11.5 Å². The molecule has 6 nitrogen and oxygen atoms in total. The van der Waals surface area contributed by atoms with Crippen LogP contribution in [0.3, 0.4) is 0 Å². The van der Waals surface area contributed by atoms with Crippen molar-refractivity contribution >= 4 is 18.3 Å². The normalized spacial score (nSPS) is 18.5. The quantitative estimate of drug-likeness (QED) is 0.850. The molecule has 0 radical (unpaired) electrons. The summed E-state index contributed by atoms with van der Waals surface area (Å²) >= 11 is 0. The summed E-state index contributed by atoms with van der Waals surface area (Å²) in [4.78, 5) is 20.0. The number of nitrogens with one attached hydrogen (secondary N) is 1. The van der Waals surface area contributed by atoms with Gasteiger partial charge in [0.25, 0.3) is 5.91 Å². The van der Waals surface area contributed by atoms with Crippen LogP contribution in [0, 0.1) is 0 Å². The number of fused-ring (bicyclic) bond motifs is 1. The number of aromatic nitrogens is 1. The van der Waals surface area contributed by atoms with Crippen LogP contribution in [0.1, 0.15) is 35.3 Å². The van der Waals surface area contributed by atoms with Gasteiger partial charge in [0.15, 0.2) is 11.5 Å². The van der Waals surface area contributed by atoms with E-state index in [2.05, 4.69) is 10.3 Å². The molecule has 150 valence electrons. The van der Waals surface area contributed by atoms with E-state index in [9.17, 15) is 4.79 Å². The number of benzene rings is 1. The van der Waals surface area contributed by atoms with Crippen molar-refractivity contribution in [2.75, 3.05) is 26.3 Å². The van der Waals surface area contributed by atoms with Crippen LogP contribution < -0.4 is 14.8 Å². The predicted octanol–water partition coefficient (Wildman–Crippen LogP) is 3.06. The first-order valence-electron chi connectivity index (χ1n) is 9.63. The fourth-order valence-electron chi connectivity index (χ4n) is 3.74. The second-order valence-corrected chi connectivity index (χ2v) is 6.92. The molecule has 1 unspecified atom stereocenters. The zero-order valence-electron chi connectivity index (χ0n) is 15.8. The number of carbonyl (C=O) groups is 1. The van der Waals surface area contributed by atoms with Crippen molar-refractivity contribution in [1.82, 2.24) is 15.2 Å². The van der Waals surface area contributed by atoms with Gasteiger partial charge in [-0.05, 0) is 56.6 Å². The third-order valence-electron chi connectivity index (χ3n) is 5.10. The number of rotatable bonds is 4. The Bertz CT molecular complexity index is 780. The van der Waals surface area contributed by atoms with Gasteiger partial charge in [-0.2, -0.15) is 0 Å². The van der Waals surface area contributed by atoms with Crippen molar-refractivity contribution in [1.29, 1.82) is 0 Å². The molecule has 0 spiro atoms. The fraction of sp³-hybridized carbons (Fsp3) is 0.429. The summed E-state index contributed by atoms with van der Waals surface area (Å²) in [5.74, 6) is 1.19. The van der Waals surface area contributed by atoms with Crippen LogP contribution in [0.15, 0.2) is 42.6 Å². The molecular formula is C21H26ClN3O3. The lowest BCUT2D eigenvalue weighted by Gasteiger charge is -2.32. The lowest BCUT2D eigenvalue weighted by Crippen LogP contribution is -2.41. The van der Waals surface area contributed by atoms with Gasteiger partial charge < -0.3 is 19.7 Å². The largest absolute Gasteiger partial charge is 0.486 e.